The van der Waals surface area contributed by atoms with Gasteiger partial charge in [-0.15, -0.1) is 0 Å². The first-order valence-electron chi connectivity index (χ1n) is 9.32. The fourth-order valence-corrected chi connectivity index (χ4v) is 4.08. The quantitative estimate of drug-likeness (QED) is 0.388. The van der Waals surface area contributed by atoms with E-state index in [1.54, 1.807) is 32.8 Å². The topological polar surface area (TPSA) is 179 Å². The van der Waals surface area contributed by atoms with Crippen LogP contribution in [0.4, 0.5) is 11.8 Å². The van der Waals surface area contributed by atoms with E-state index in [1.165, 1.54) is 0 Å². The fraction of sp³-hybridized carbons (Fsp3) is 0.647. The molecule has 1 aliphatic rings. The molecule has 0 bridgehead atoms. The Hall–Kier alpha value is -2.32. The number of aliphatic hydroxyl groups is 2. The van der Waals surface area contributed by atoms with Crippen molar-refractivity contribution in [3.05, 3.63) is 9.67 Å². The Morgan fingerprint density at radius 3 is 2.60 bits per heavy atom. The lowest BCUT2D eigenvalue weighted by Crippen LogP contribution is -2.40. The predicted molar refractivity (Wildman–Crippen MR) is 110 cm³/mol. The molecule has 30 heavy (non-hydrogen) atoms. The second kappa shape index (κ2) is 8.43. The van der Waals surface area contributed by atoms with Crippen molar-refractivity contribution in [2.24, 2.45) is 11.7 Å². The zero-order valence-corrected chi connectivity index (χ0v) is 17.9. The van der Waals surface area contributed by atoms with Crippen molar-refractivity contribution in [2.75, 3.05) is 31.3 Å². The first-order chi connectivity index (χ1) is 14.0. The number of aliphatic hydroxyl groups excluding tert-OH is 2. The number of nitrogens with zero attached hydrogens (tertiary/aromatic N) is 4. The van der Waals surface area contributed by atoms with Crippen molar-refractivity contribution in [1.29, 1.82) is 0 Å². The third-order valence-electron chi connectivity index (χ3n) is 4.86. The van der Waals surface area contributed by atoms with E-state index in [0.29, 0.717) is 10.5 Å². The molecule has 6 N–H and O–H groups in total. The number of fused-ring (bicyclic) bond motifs is 1. The van der Waals surface area contributed by atoms with Crippen molar-refractivity contribution >= 4 is 39.4 Å². The highest BCUT2D eigenvalue weighted by Crippen LogP contribution is 2.34. The van der Waals surface area contributed by atoms with E-state index in [0.717, 1.165) is 15.9 Å². The molecule has 0 radical (unpaired) electrons. The van der Waals surface area contributed by atoms with Crippen LogP contribution in [0, 0.1) is 5.92 Å². The molecule has 0 saturated carbocycles. The smallest absolute Gasteiger partial charge is 0.323 e. The summed E-state index contributed by atoms with van der Waals surface area (Å²) < 4.78 is 12.4. The van der Waals surface area contributed by atoms with Crippen molar-refractivity contribution in [3.8, 4) is 0 Å². The van der Waals surface area contributed by atoms with E-state index in [1.807, 2.05) is 0 Å². The summed E-state index contributed by atoms with van der Waals surface area (Å²) in [6, 6.07) is -0.822. The monoisotopic (exact) mass is 442 g/mol. The Kier molecular flexibility index (Phi) is 6.29. The van der Waals surface area contributed by atoms with Crippen LogP contribution in [0.3, 0.4) is 0 Å². The minimum atomic E-state index is -1.46. The Bertz CT molecular complexity index is 991. The van der Waals surface area contributed by atoms with Crippen LogP contribution in [-0.2, 0) is 14.3 Å². The number of rotatable bonds is 6. The van der Waals surface area contributed by atoms with Gasteiger partial charge in [-0.1, -0.05) is 25.2 Å². The molecule has 2 aromatic rings. The lowest BCUT2D eigenvalue weighted by Gasteiger charge is -2.18. The predicted octanol–water partition coefficient (Wildman–Crippen LogP) is -1.35. The minimum Gasteiger partial charge on any atom is -0.462 e. The van der Waals surface area contributed by atoms with Gasteiger partial charge in [0, 0.05) is 14.1 Å². The number of carbonyl (C=O) groups excluding carboxylic acids is 1. The van der Waals surface area contributed by atoms with Crippen LogP contribution in [0.1, 0.15) is 20.1 Å². The molecule has 1 unspecified atom stereocenters. The maximum atomic E-state index is 12.7. The summed E-state index contributed by atoms with van der Waals surface area (Å²) in [6.07, 6.45) is -5.15. The summed E-state index contributed by atoms with van der Waals surface area (Å²) in [5.74, 6) is -0.386. The first kappa shape index (κ1) is 22.4. The Labute approximate surface area is 176 Å². The van der Waals surface area contributed by atoms with E-state index >= 15 is 0 Å². The fourth-order valence-electron chi connectivity index (χ4n) is 3.06. The maximum absolute atomic E-state index is 12.7. The van der Waals surface area contributed by atoms with Crippen molar-refractivity contribution in [1.82, 2.24) is 14.5 Å². The molecule has 0 aromatic carbocycles. The standard InChI is InChI=1S/C17H26N6O6S/c1-6(2)8(18)15(26)28-5-7-9(24)10(25)14(29-7)23-13-11(30-17(23)27)12(22(3)4)20-16(19)21-13/h6-10,14,24-25H,5,18H2,1-4H3,(H2,19,20,21)/t7-,8+,9-,10-,14?/m1/s1. The average molecular weight is 442 g/mol. The van der Waals surface area contributed by atoms with Gasteiger partial charge in [-0.3, -0.25) is 14.2 Å². The van der Waals surface area contributed by atoms with Gasteiger partial charge in [0.25, 0.3) is 0 Å². The highest BCUT2D eigenvalue weighted by molar-refractivity contribution is 7.17. The first-order valence-corrected chi connectivity index (χ1v) is 10.1. The lowest BCUT2D eigenvalue weighted by atomic mass is 10.1. The number of hydrogen-bond acceptors (Lipinski definition) is 12. The molecule has 12 nitrogen and oxygen atoms in total. The van der Waals surface area contributed by atoms with Gasteiger partial charge in [-0.25, -0.2) is 0 Å². The van der Waals surface area contributed by atoms with Crippen molar-refractivity contribution < 1.29 is 24.5 Å². The van der Waals surface area contributed by atoms with Crippen LogP contribution in [-0.4, -0.2) is 75.8 Å². The van der Waals surface area contributed by atoms with Crippen LogP contribution in [0.2, 0.25) is 0 Å². The molecule has 1 aliphatic heterocycles. The molecule has 0 amide bonds. The van der Waals surface area contributed by atoms with Gasteiger partial charge < -0.3 is 36.1 Å². The van der Waals surface area contributed by atoms with Gasteiger partial charge in [0.15, 0.2) is 17.7 Å². The SMILES string of the molecule is CC(C)[C@H](N)C(=O)OC[C@H]1OC(n2c(=O)sc3c(N(C)C)nc(N)nc32)[C@H](O)[C@@H]1O. The van der Waals surface area contributed by atoms with Gasteiger partial charge in [-0.05, 0) is 5.92 Å². The Morgan fingerprint density at radius 2 is 2.00 bits per heavy atom. The molecule has 1 saturated heterocycles. The van der Waals surface area contributed by atoms with Gasteiger partial charge in [0.1, 0.15) is 35.7 Å². The maximum Gasteiger partial charge on any atom is 0.323 e. The van der Waals surface area contributed by atoms with Crippen LogP contribution in [0.25, 0.3) is 10.3 Å². The summed E-state index contributed by atoms with van der Waals surface area (Å²) in [5.41, 5.74) is 11.7. The number of aromatic nitrogens is 3. The van der Waals surface area contributed by atoms with Crippen LogP contribution in [0.5, 0.6) is 0 Å². The van der Waals surface area contributed by atoms with Crippen LogP contribution in [0.15, 0.2) is 4.79 Å². The minimum absolute atomic E-state index is 0.0565. The van der Waals surface area contributed by atoms with Crippen molar-refractivity contribution in [2.45, 2.75) is 44.4 Å². The van der Waals surface area contributed by atoms with E-state index in [2.05, 4.69) is 9.97 Å². The van der Waals surface area contributed by atoms with E-state index in [4.69, 9.17) is 20.9 Å². The molecule has 13 heteroatoms. The molecule has 5 atom stereocenters. The summed E-state index contributed by atoms with van der Waals surface area (Å²) in [6.45, 7) is 3.22. The molecular weight excluding hydrogens is 416 g/mol. The molecule has 0 spiro atoms. The van der Waals surface area contributed by atoms with E-state index < -0.39 is 41.4 Å². The van der Waals surface area contributed by atoms with Crippen molar-refractivity contribution in [3.63, 3.8) is 0 Å². The summed E-state index contributed by atoms with van der Waals surface area (Å²) in [5, 5.41) is 20.9. The molecular formula is C17H26N6O6S. The van der Waals surface area contributed by atoms with Gasteiger partial charge >= 0.3 is 10.8 Å². The van der Waals surface area contributed by atoms with Crippen LogP contribution >= 0.6 is 11.3 Å². The molecule has 1 fully saturated rings. The molecule has 0 aliphatic carbocycles. The number of nitrogens with two attached hydrogens (primary N) is 2. The highest BCUT2D eigenvalue weighted by atomic mass is 32.1. The summed E-state index contributed by atoms with van der Waals surface area (Å²) >= 11 is 0.870. The number of anilines is 2. The van der Waals surface area contributed by atoms with E-state index in [9.17, 15) is 19.8 Å². The molecule has 3 rings (SSSR count). The van der Waals surface area contributed by atoms with Gasteiger partial charge in [0.05, 0.1) is 0 Å². The third-order valence-corrected chi connectivity index (χ3v) is 5.80. The second-order valence-electron chi connectivity index (χ2n) is 7.64. The average Bonchev–Trinajstić information content (AvgIpc) is 3.14. The number of thiazole rings is 1. The number of ether oxygens (including phenoxy) is 2. The van der Waals surface area contributed by atoms with Gasteiger partial charge in [-0.2, -0.15) is 9.97 Å². The zero-order chi connectivity index (χ0) is 22.3. The molecule has 3 heterocycles. The Balaban J connectivity index is 1.88. The lowest BCUT2D eigenvalue weighted by molar-refractivity contribution is -0.152. The largest absolute Gasteiger partial charge is 0.462 e. The van der Waals surface area contributed by atoms with E-state index in [-0.39, 0.29) is 24.1 Å². The number of nitrogen functional groups attached to an aromatic ring is 1. The number of carbonyl (C=O) groups is 1. The zero-order valence-electron chi connectivity index (χ0n) is 17.1. The normalized spacial score (nSPS) is 25.1. The third kappa shape index (κ3) is 3.98. The number of esters is 1. The highest BCUT2D eigenvalue weighted by Gasteiger charge is 2.46. The van der Waals surface area contributed by atoms with Crippen LogP contribution < -0.4 is 21.2 Å². The Morgan fingerprint density at radius 1 is 1.33 bits per heavy atom. The molecule has 2 aromatic heterocycles. The second-order valence-corrected chi connectivity index (χ2v) is 8.60. The molecule has 166 valence electrons. The van der Waals surface area contributed by atoms with Gasteiger partial charge in [0.2, 0.25) is 5.95 Å². The summed E-state index contributed by atoms with van der Waals surface area (Å²) in [4.78, 5) is 34.1. The number of hydrogen-bond donors (Lipinski definition) is 4. The summed E-state index contributed by atoms with van der Waals surface area (Å²) in [7, 11) is 3.49.